The third-order valence-electron chi connectivity index (χ3n) is 3.42. The zero-order valence-corrected chi connectivity index (χ0v) is 14.0. The van der Waals surface area contributed by atoms with E-state index in [9.17, 15) is 14.4 Å². The van der Waals surface area contributed by atoms with E-state index in [1.807, 2.05) is 30.3 Å². The average molecular weight is 339 g/mol. The number of hydrogen-bond donors (Lipinski definition) is 3. The Balaban J connectivity index is 1.81. The van der Waals surface area contributed by atoms with Gasteiger partial charge in [0.05, 0.1) is 6.42 Å². The van der Waals surface area contributed by atoms with E-state index in [4.69, 9.17) is 0 Å². The second-order valence-corrected chi connectivity index (χ2v) is 5.53. The first-order valence-corrected chi connectivity index (χ1v) is 8.01. The highest BCUT2D eigenvalue weighted by Crippen LogP contribution is 2.10. The van der Waals surface area contributed by atoms with Gasteiger partial charge in [-0.3, -0.25) is 14.4 Å². The van der Waals surface area contributed by atoms with Crippen molar-refractivity contribution in [3.63, 3.8) is 0 Å². The van der Waals surface area contributed by atoms with Crippen LogP contribution in [0.5, 0.6) is 0 Å². The molecule has 3 amide bonds. The summed E-state index contributed by atoms with van der Waals surface area (Å²) in [6.07, 6.45) is 0.298. The maximum atomic E-state index is 12.0. The van der Waals surface area contributed by atoms with Crippen LogP contribution in [0.15, 0.2) is 54.6 Å². The smallest absolute Gasteiger partial charge is 0.251 e. The largest absolute Gasteiger partial charge is 0.355 e. The predicted octanol–water partition coefficient (Wildman–Crippen LogP) is 1.73. The summed E-state index contributed by atoms with van der Waals surface area (Å²) in [6.45, 7) is 2.16. The van der Waals surface area contributed by atoms with Gasteiger partial charge in [0.25, 0.3) is 5.91 Å². The highest BCUT2D eigenvalue weighted by atomic mass is 16.2. The van der Waals surface area contributed by atoms with Crippen LogP contribution in [0.4, 0.5) is 5.69 Å². The molecule has 0 aromatic heterocycles. The van der Waals surface area contributed by atoms with E-state index in [1.165, 1.54) is 6.92 Å². The summed E-state index contributed by atoms with van der Waals surface area (Å²) in [6, 6.07) is 16.1. The normalized spacial score (nSPS) is 9.96. The molecule has 2 aromatic carbocycles. The van der Waals surface area contributed by atoms with Gasteiger partial charge in [0.15, 0.2) is 0 Å². The fourth-order valence-electron chi connectivity index (χ4n) is 2.21. The molecule has 0 aliphatic carbocycles. The highest BCUT2D eigenvalue weighted by Gasteiger charge is 2.07. The Hall–Kier alpha value is -3.15. The first-order chi connectivity index (χ1) is 12.0. The highest BCUT2D eigenvalue weighted by molar-refractivity contribution is 5.96. The number of hydrogen-bond acceptors (Lipinski definition) is 3. The Labute approximate surface area is 146 Å². The van der Waals surface area contributed by atoms with Gasteiger partial charge in [-0.2, -0.15) is 0 Å². The molecule has 130 valence electrons. The molecule has 0 heterocycles. The van der Waals surface area contributed by atoms with Crippen molar-refractivity contribution in [2.75, 3.05) is 18.4 Å². The SMILES string of the molecule is CC(=O)NCCNC(=O)c1ccc(NC(=O)Cc2ccccc2)cc1. The minimum atomic E-state index is -0.229. The Morgan fingerprint density at radius 1 is 0.840 bits per heavy atom. The molecule has 3 N–H and O–H groups in total. The number of amides is 3. The van der Waals surface area contributed by atoms with Crippen LogP contribution in [0, 0.1) is 0 Å². The van der Waals surface area contributed by atoms with Crippen molar-refractivity contribution in [1.29, 1.82) is 0 Å². The molecule has 6 nitrogen and oxygen atoms in total. The number of carbonyl (C=O) groups is 3. The van der Waals surface area contributed by atoms with Gasteiger partial charge < -0.3 is 16.0 Å². The monoisotopic (exact) mass is 339 g/mol. The Bertz CT molecular complexity index is 727. The lowest BCUT2D eigenvalue weighted by atomic mass is 10.1. The first-order valence-electron chi connectivity index (χ1n) is 8.01. The second kappa shape index (κ2) is 9.22. The van der Waals surface area contributed by atoms with E-state index in [2.05, 4.69) is 16.0 Å². The number of rotatable bonds is 7. The van der Waals surface area contributed by atoms with Crippen LogP contribution in [0.25, 0.3) is 0 Å². The molecule has 0 radical (unpaired) electrons. The van der Waals surface area contributed by atoms with Gasteiger partial charge in [0.2, 0.25) is 11.8 Å². The van der Waals surface area contributed by atoms with Crippen LogP contribution < -0.4 is 16.0 Å². The minimum absolute atomic E-state index is 0.112. The molecule has 0 saturated heterocycles. The topological polar surface area (TPSA) is 87.3 Å². The predicted molar refractivity (Wildman–Crippen MR) is 96.2 cm³/mol. The van der Waals surface area contributed by atoms with Crippen molar-refractivity contribution in [1.82, 2.24) is 10.6 Å². The standard InChI is InChI=1S/C19H21N3O3/c1-14(23)20-11-12-21-19(25)16-7-9-17(10-8-16)22-18(24)13-15-5-3-2-4-6-15/h2-10H,11-13H2,1H3,(H,20,23)(H,21,25)(H,22,24). The molecule has 0 fully saturated rings. The molecule has 0 aliphatic rings. The molecular formula is C19H21N3O3. The van der Waals surface area contributed by atoms with Crippen molar-refractivity contribution in [2.45, 2.75) is 13.3 Å². The molecule has 0 atom stereocenters. The quantitative estimate of drug-likeness (QED) is 0.672. The lowest BCUT2D eigenvalue weighted by Gasteiger charge is -2.08. The van der Waals surface area contributed by atoms with E-state index < -0.39 is 0 Å². The summed E-state index contributed by atoms with van der Waals surface area (Å²) in [7, 11) is 0. The number of nitrogens with one attached hydrogen (secondary N) is 3. The van der Waals surface area contributed by atoms with E-state index in [0.717, 1.165) is 5.56 Å². The maximum absolute atomic E-state index is 12.0. The summed E-state index contributed by atoms with van der Waals surface area (Å²) in [5, 5.41) is 8.11. The molecular weight excluding hydrogens is 318 g/mol. The van der Waals surface area contributed by atoms with Gasteiger partial charge in [0.1, 0.15) is 0 Å². The molecule has 0 bridgehead atoms. The van der Waals surface area contributed by atoms with Crippen LogP contribution in [-0.4, -0.2) is 30.8 Å². The maximum Gasteiger partial charge on any atom is 0.251 e. The van der Waals surface area contributed by atoms with Gasteiger partial charge in [-0.1, -0.05) is 30.3 Å². The van der Waals surface area contributed by atoms with E-state index >= 15 is 0 Å². The van der Waals surface area contributed by atoms with E-state index in [1.54, 1.807) is 24.3 Å². The van der Waals surface area contributed by atoms with Crippen LogP contribution in [0.2, 0.25) is 0 Å². The van der Waals surface area contributed by atoms with E-state index in [-0.39, 0.29) is 17.7 Å². The van der Waals surface area contributed by atoms with Gasteiger partial charge >= 0.3 is 0 Å². The Kier molecular flexibility index (Phi) is 6.71. The van der Waals surface area contributed by atoms with E-state index in [0.29, 0.717) is 30.8 Å². The van der Waals surface area contributed by atoms with Crippen molar-refractivity contribution >= 4 is 23.4 Å². The lowest BCUT2D eigenvalue weighted by molar-refractivity contribution is -0.119. The van der Waals surface area contributed by atoms with Gasteiger partial charge in [-0.25, -0.2) is 0 Å². The molecule has 0 spiro atoms. The first kappa shape index (κ1) is 18.2. The van der Waals surface area contributed by atoms with Gasteiger partial charge in [-0.15, -0.1) is 0 Å². The summed E-state index contributed by atoms with van der Waals surface area (Å²) in [4.78, 5) is 34.7. The molecule has 2 aromatic rings. The van der Waals surface area contributed by atoms with Crippen LogP contribution in [-0.2, 0) is 16.0 Å². The Morgan fingerprint density at radius 2 is 1.48 bits per heavy atom. The van der Waals surface area contributed by atoms with Gasteiger partial charge in [0, 0.05) is 31.3 Å². The molecule has 0 saturated carbocycles. The zero-order chi connectivity index (χ0) is 18.1. The third kappa shape index (κ3) is 6.47. The average Bonchev–Trinajstić information content (AvgIpc) is 2.60. The van der Waals surface area contributed by atoms with Crippen molar-refractivity contribution in [3.05, 3.63) is 65.7 Å². The van der Waals surface area contributed by atoms with Crippen LogP contribution >= 0.6 is 0 Å². The van der Waals surface area contributed by atoms with Crippen LogP contribution in [0.3, 0.4) is 0 Å². The summed E-state index contributed by atoms with van der Waals surface area (Å²) < 4.78 is 0. The Morgan fingerprint density at radius 3 is 2.12 bits per heavy atom. The van der Waals surface area contributed by atoms with Crippen molar-refractivity contribution in [3.8, 4) is 0 Å². The minimum Gasteiger partial charge on any atom is -0.355 e. The van der Waals surface area contributed by atoms with Crippen LogP contribution in [0.1, 0.15) is 22.8 Å². The lowest BCUT2D eigenvalue weighted by Crippen LogP contribution is -2.33. The molecule has 0 aliphatic heterocycles. The summed E-state index contributed by atoms with van der Waals surface area (Å²) >= 11 is 0. The number of anilines is 1. The number of carbonyl (C=O) groups excluding carboxylic acids is 3. The fraction of sp³-hybridized carbons (Fsp3) is 0.211. The molecule has 25 heavy (non-hydrogen) atoms. The number of benzene rings is 2. The fourth-order valence-corrected chi connectivity index (χ4v) is 2.21. The summed E-state index contributed by atoms with van der Waals surface area (Å²) in [5.41, 5.74) is 2.06. The third-order valence-corrected chi connectivity index (χ3v) is 3.42. The van der Waals surface area contributed by atoms with Gasteiger partial charge in [-0.05, 0) is 29.8 Å². The molecule has 6 heteroatoms. The molecule has 0 unspecified atom stereocenters. The van der Waals surface area contributed by atoms with Crippen molar-refractivity contribution in [2.24, 2.45) is 0 Å². The van der Waals surface area contributed by atoms with Crippen molar-refractivity contribution < 1.29 is 14.4 Å². The second-order valence-electron chi connectivity index (χ2n) is 5.53. The summed E-state index contributed by atoms with van der Waals surface area (Å²) in [5.74, 6) is -0.476. The molecule has 2 rings (SSSR count). The zero-order valence-electron chi connectivity index (χ0n) is 14.0.